The van der Waals surface area contributed by atoms with Crippen LogP contribution in [0.2, 0.25) is 0 Å². The van der Waals surface area contributed by atoms with Crippen molar-refractivity contribution in [1.29, 1.82) is 0 Å². The minimum atomic E-state index is -4.44. The number of pyridine rings is 2. The summed E-state index contributed by atoms with van der Waals surface area (Å²) in [6.07, 6.45) is -1.02. The summed E-state index contributed by atoms with van der Waals surface area (Å²) in [6, 6.07) is 8.83. The zero-order chi connectivity index (χ0) is 24.7. The van der Waals surface area contributed by atoms with E-state index in [1.165, 1.54) is 6.07 Å². The summed E-state index contributed by atoms with van der Waals surface area (Å²) < 4.78 is 48.4. The van der Waals surface area contributed by atoms with Gasteiger partial charge in [-0.15, -0.1) is 0 Å². The van der Waals surface area contributed by atoms with Crippen molar-refractivity contribution in [2.24, 2.45) is 0 Å². The third-order valence-electron chi connectivity index (χ3n) is 5.09. The number of benzene rings is 1. The van der Waals surface area contributed by atoms with Crippen LogP contribution in [0.1, 0.15) is 34.5 Å². The van der Waals surface area contributed by atoms with Gasteiger partial charge < -0.3 is 20.5 Å². The van der Waals surface area contributed by atoms with Crippen molar-refractivity contribution in [3.63, 3.8) is 0 Å². The molecule has 0 saturated carbocycles. The van der Waals surface area contributed by atoms with Crippen LogP contribution in [0, 0.1) is 0 Å². The maximum Gasteiger partial charge on any atom is 0.417 e. The zero-order valence-corrected chi connectivity index (χ0v) is 19.9. The van der Waals surface area contributed by atoms with Crippen LogP contribution in [-0.2, 0) is 22.2 Å². The van der Waals surface area contributed by atoms with E-state index in [0.717, 1.165) is 43.7 Å². The highest BCUT2D eigenvalue weighted by Crippen LogP contribution is 2.28. The van der Waals surface area contributed by atoms with Gasteiger partial charge in [-0.2, -0.15) is 13.2 Å². The summed E-state index contributed by atoms with van der Waals surface area (Å²) in [4.78, 5) is 20.2. The number of rotatable bonds is 4. The molecule has 1 saturated heterocycles. The largest absolute Gasteiger partial charge is 0.417 e. The Kier molecular flexibility index (Phi) is 8.81. The van der Waals surface area contributed by atoms with Crippen molar-refractivity contribution in [1.82, 2.24) is 15.3 Å². The lowest BCUT2D eigenvalue weighted by atomic mass is 10.1. The van der Waals surface area contributed by atoms with Crippen LogP contribution in [-0.4, -0.2) is 42.3 Å². The van der Waals surface area contributed by atoms with Gasteiger partial charge in [0.05, 0.1) is 40.5 Å². The predicted molar refractivity (Wildman–Crippen MR) is 125 cm³/mol. The Balaban J connectivity index is 0.000000343. The van der Waals surface area contributed by atoms with Gasteiger partial charge in [0, 0.05) is 30.9 Å². The van der Waals surface area contributed by atoms with E-state index in [0.29, 0.717) is 33.2 Å². The SMILES string of the molecule is COC1CCCOC1.Nc1nc2ccc(C(=O)NCc3ccc(C(F)(F)F)cn3)cc2cc1Br. The number of alkyl halides is 3. The first-order valence-corrected chi connectivity index (χ1v) is 11.2. The van der Waals surface area contributed by atoms with Crippen LogP contribution in [0.5, 0.6) is 0 Å². The molecule has 0 bridgehead atoms. The molecule has 1 aliphatic rings. The number of nitrogens with zero attached hydrogens (tertiary/aromatic N) is 2. The van der Waals surface area contributed by atoms with Crippen molar-refractivity contribution in [2.45, 2.75) is 31.7 Å². The number of nitrogen functional groups attached to an aromatic ring is 1. The van der Waals surface area contributed by atoms with Crippen LogP contribution in [0.15, 0.2) is 47.1 Å². The van der Waals surface area contributed by atoms with Crippen LogP contribution in [0.25, 0.3) is 10.9 Å². The second-order valence-corrected chi connectivity index (χ2v) is 8.41. The van der Waals surface area contributed by atoms with Crippen LogP contribution < -0.4 is 11.1 Å². The fraction of sp³-hybridized carbons (Fsp3) is 0.348. The molecule has 0 aliphatic carbocycles. The molecule has 1 atom stereocenters. The number of carbonyl (C=O) groups is 1. The van der Waals surface area contributed by atoms with E-state index in [1.54, 1.807) is 31.4 Å². The monoisotopic (exact) mass is 540 g/mol. The number of ether oxygens (including phenoxy) is 2. The number of halogens is 4. The number of anilines is 1. The van der Waals surface area contributed by atoms with Gasteiger partial charge in [-0.05, 0) is 65.2 Å². The summed E-state index contributed by atoms with van der Waals surface area (Å²) in [5.74, 6) is -0.0235. The molecule has 11 heteroatoms. The molecule has 0 spiro atoms. The molecule has 1 unspecified atom stereocenters. The van der Waals surface area contributed by atoms with Crippen molar-refractivity contribution in [2.75, 3.05) is 26.1 Å². The maximum absolute atomic E-state index is 12.5. The summed E-state index contributed by atoms with van der Waals surface area (Å²) in [6.45, 7) is 1.72. The molecule has 2 aromatic heterocycles. The van der Waals surface area contributed by atoms with E-state index in [2.05, 4.69) is 31.2 Å². The Morgan fingerprint density at radius 1 is 1.29 bits per heavy atom. The number of fused-ring (bicyclic) bond motifs is 1. The van der Waals surface area contributed by atoms with E-state index >= 15 is 0 Å². The molecule has 182 valence electrons. The molecule has 3 N–H and O–H groups in total. The number of amides is 1. The van der Waals surface area contributed by atoms with E-state index in [4.69, 9.17) is 15.2 Å². The average Bonchev–Trinajstić information content (AvgIpc) is 2.83. The Bertz CT molecular complexity index is 1120. The zero-order valence-electron chi connectivity index (χ0n) is 18.4. The fourth-order valence-electron chi connectivity index (χ4n) is 3.17. The average molecular weight is 541 g/mol. The van der Waals surface area contributed by atoms with Crippen molar-refractivity contribution < 1.29 is 27.4 Å². The summed E-state index contributed by atoms with van der Waals surface area (Å²) >= 11 is 3.28. The predicted octanol–water partition coefficient (Wildman–Crippen LogP) is 4.74. The highest BCUT2D eigenvalue weighted by atomic mass is 79.9. The van der Waals surface area contributed by atoms with Crippen LogP contribution in [0.3, 0.4) is 0 Å². The third kappa shape index (κ3) is 7.12. The van der Waals surface area contributed by atoms with Gasteiger partial charge in [0.25, 0.3) is 5.91 Å². The van der Waals surface area contributed by atoms with E-state index in [-0.39, 0.29) is 12.5 Å². The molecule has 1 aliphatic heterocycles. The Labute approximate surface area is 203 Å². The van der Waals surface area contributed by atoms with E-state index in [9.17, 15) is 18.0 Å². The number of methoxy groups -OCH3 is 1. The number of nitrogens with one attached hydrogen (secondary N) is 1. The van der Waals surface area contributed by atoms with Gasteiger partial charge in [-0.3, -0.25) is 9.78 Å². The molecule has 7 nitrogen and oxygen atoms in total. The normalized spacial score (nSPS) is 16.0. The highest BCUT2D eigenvalue weighted by molar-refractivity contribution is 9.10. The van der Waals surface area contributed by atoms with Crippen LogP contribution >= 0.6 is 15.9 Å². The van der Waals surface area contributed by atoms with Gasteiger partial charge >= 0.3 is 6.18 Å². The first-order chi connectivity index (χ1) is 16.2. The van der Waals surface area contributed by atoms with Gasteiger partial charge in [0.15, 0.2) is 0 Å². The molecule has 1 aromatic carbocycles. The first kappa shape index (κ1) is 25.9. The molecule has 0 radical (unpaired) electrons. The standard InChI is InChI=1S/C17H12BrF3N4O.C6H12O2/c18-13-6-10-5-9(1-4-14(10)25-15(13)22)16(26)24-8-12-3-2-11(7-23-12)17(19,20)21;1-7-6-3-2-4-8-5-6/h1-7H,8H2,(H2,22,25)(H,24,26);6H,2-5H2,1H3. The molecule has 4 rings (SSSR count). The number of aromatic nitrogens is 2. The Hall–Kier alpha value is -2.76. The second-order valence-electron chi connectivity index (χ2n) is 7.56. The molecule has 1 fully saturated rings. The smallest absolute Gasteiger partial charge is 0.383 e. The number of nitrogens with two attached hydrogens (primary N) is 1. The van der Waals surface area contributed by atoms with Crippen molar-refractivity contribution in [3.05, 3.63) is 63.9 Å². The minimum Gasteiger partial charge on any atom is -0.383 e. The number of hydrogen-bond donors (Lipinski definition) is 2. The highest BCUT2D eigenvalue weighted by Gasteiger charge is 2.30. The number of hydrogen-bond acceptors (Lipinski definition) is 6. The van der Waals surface area contributed by atoms with E-state index < -0.39 is 11.7 Å². The molecule has 1 amide bonds. The minimum absolute atomic E-state index is 0.0126. The lowest BCUT2D eigenvalue weighted by Gasteiger charge is -2.19. The molecule has 34 heavy (non-hydrogen) atoms. The molecular weight excluding hydrogens is 517 g/mol. The molecule has 3 aromatic rings. The molecular formula is C23H24BrF3N4O3. The lowest BCUT2D eigenvalue weighted by Crippen LogP contribution is -2.23. The Morgan fingerprint density at radius 3 is 2.68 bits per heavy atom. The molecule has 3 heterocycles. The summed E-state index contributed by atoms with van der Waals surface area (Å²) in [5.41, 5.74) is 6.24. The quantitative estimate of drug-likeness (QED) is 0.496. The third-order valence-corrected chi connectivity index (χ3v) is 5.73. The number of carbonyl (C=O) groups excluding carboxylic acids is 1. The van der Waals surface area contributed by atoms with Gasteiger partial charge in [-0.25, -0.2) is 4.98 Å². The van der Waals surface area contributed by atoms with Gasteiger partial charge in [0.2, 0.25) is 0 Å². The van der Waals surface area contributed by atoms with Gasteiger partial charge in [0.1, 0.15) is 5.82 Å². The van der Waals surface area contributed by atoms with Crippen molar-refractivity contribution in [3.8, 4) is 0 Å². The van der Waals surface area contributed by atoms with E-state index in [1.807, 2.05) is 0 Å². The summed E-state index contributed by atoms with van der Waals surface area (Å²) in [5, 5.41) is 3.35. The topological polar surface area (TPSA) is 99.4 Å². The van der Waals surface area contributed by atoms with Crippen LogP contribution in [0.4, 0.5) is 19.0 Å². The maximum atomic E-state index is 12.5. The fourth-order valence-corrected chi connectivity index (χ4v) is 3.51. The lowest BCUT2D eigenvalue weighted by molar-refractivity contribution is -0.137. The Morgan fingerprint density at radius 2 is 2.09 bits per heavy atom. The second kappa shape index (κ2) is 11.6. The van der Waals surface area contributed by atoms with Crippen molar-refractivity contribution >= 4 is 38.6 Å². The summed E-state index contributed by atoms with van der Waals surface area (Å²) in [7, 11) is 1.74. The first-order valence-electron chi connectivity index (χ1n) is 10.4. The van der Waals surface area contributed by atoms with Gasteiger partial charge in [-0.1, -0.05) is 0 Å².